The highest BCUT2D eigenvalue weighted by Crippen LogP contribution is 2.44. The summed E-state index contributed by atoms with van der Waals surface area (Å²) in [5.74, 6) is -1.45. The number of aliphatic carboxylic acids is 1. The van der Waals surface area contributed by atoms with Gasteiger partial charge in [0, 0.05) is 31.0 Å². The molecule has 2 aromatic rings. The van der Waals surface area contributed by atoms with Gasteiger partial charge in [0.25, 0.3) is 0 Å². The van der Waals surface area contributed by atoms with Crippen molar-refractivity contribution in [3.8, 4) is 11.1 Å². The molecule has 1 aliphatic heterocycles. The summed E-state index contributed by atoms with van der Waals surface area (Å²) in [6.45, 7) is 1.16. The second-order valence-corrected chi connectivity index (χ2v) is 9.30. The van der Waals surface area contributed by atoms with Crippen LogP contribution in [0.2, 0.25) is 0 Å². The average molecular weight is 449 g/mol. The molecule has 1 atom stereocenters. The minimum Gasteiger partial charge on any atom is -0.481 e. The summed E-state index contributed by atoms with van der Waals surface area (Å²) >= 11 is 0. The molecule has 172 valence electrons. The minimum atomic E-state index is -0.837. The number of nitrogens with zero attached hydrogens (tertiary/aromatic N) is 1. The summed E-state index contributed by atoms with van der Waals surface area (Å²) < 4.78 is 5.59. The second kappa shape index (κ2) is 8.89. The fraction of sp³-hybridized carbons (Fsp3) is 0.423. The molecule has 7 heteroatoms. The van der Waals surface area contributed by atoms with Crippen LogP contribution in [0.25, 0.3) is 11.1 Å². The van der Waals surface area contributed by atoms with Crippen molar-refractivity contribution in [1.29, 1.82) is 0 Å². The van der Waals surface area contributed by atoms with E-state index in [1.54, 1.807) is 4.90 Å². The molecule has 2 fully saturated rings. The Bertz CT molecular complexity index is 1030. The zero-order valence-electron chi connectivity index (χ0n) is 18.4. The molecule has 2 amide bonds. The van der Waals surface area contributed by atoms with Crippen molar-refractivity contribution in [3.63, 3.8) is 0 Å². The number of nitrogens with one attached hydrogen (secondary N) is 1. The van der Waals surface area contributed by atoms with E-state index >= 15 is 0 Å². The number of ether oxygens (including phenoxy) is 1. The molecule has 0 spiro atoms. The van der Waals surface area contributed by atoms with Crippen LogP contribution >= 0.6 is 0 Å². The van der Waals surface area contributed by atoms with Crippen LogP contribution < -0.4 is 5.32 Å². The fourth-order valence-electron chi connectivity index (χ4n) is 5.38. The van der Waals surface area contributed by atoms with E-state index in [9.17, 15) is 19.5 Å². The molecule has 1 saturated heterocycles. The Labute approximate surface area is 192 Å². The Morgan fingerprint density at radius 2 is 1.61 bits per heavy atom. The number of carboxylic acid groups (broad SMARTS) is 1. The number of amides is 2. The summed E-state index contributed by atoms with van der Waals surface area (Å²) in [6, 6.07) is 16.3. The van der Waals surface area contributed by atoms with E-state index in [0.717, 1.165) is 6.42 Å². The van der Waals surface area contributed by atoms with Crippen molar-refractivity contribution in [3.05, 3.63) is 59.7 Å². The van der Waals surface area contributed by atoms with Crippen LogP contribution in [-0.4, -0.2) is 53.7 Å². The van der Waals surface area contributed by atoms with Gasteiger partial charge in [0.05, 0.1) is 5.92 Å². The smallest absolute Gasteiger partial charge is 0.407 e. The van der Waals surface area contributed by atoms with Gasteiger partial charge in [-0.05, 0) is 47.9 Å². The Balaban J connectivity index is 1.11. The van der Waals surface area contributed by atoms with Crippen LogP contribution in [0.3, 0.4) is 0 Å². The number of rotatable bonds is 5. The van der Waals surface area contributed by atoms with Gasteiger partial charge in [-0.3, -0.25) is 9.59 Å². The van der Waals surface area contributed by atoms with E-state index in [1.165, 1.54) is 22.3 Å². The number of likely N-dealkylation sites (tertiary alicyclic amines) is 1. The Hall–Kier alpha value is -3.35. The maximum atomic E-state index is 12.7. The van der Waals surface area contributed by atoms with Gasteiger partial charge in [-0.1, -0.05) is 48.5 Å². The summed E-state index contributed by atoms with van der Waals surface area (Å²) in [5, 5.41) is 12.1. The summed E-state index contributed by atoms with van der Waals surface area (Å²) in [4.78, 5) is 38.1. The molecule has 3 aliphatic rings. The highest BCUT2D eigenvalue weighted by atomic mass is 16.5. The van der Waals surface area contributed by atoms with E-state index < -0.39 is 18.0 Å². The Kier molecular flexibility index (Phi) is 5.79. The molecule has 0 aromatic heterocycles. The fourth-order valence-corrected chi connectivity index (χ4v) is 5.38. The van der Waals surface area contributed by atoms with Crippen molar-refractivity contribution in [1.82, 2.24) is 10.2 Å². The topological polar surface area (TPSA) is 95.9 Å². The lowest BCUT2D eigenvalue weighted by atomic mass is 9.79. The highest BCUT2D eigenvalue weighted by Gasteiger charge is 2.40. The lowest BCUT2D eigenvalue weighted by Gasteiger charge is -2.39. The molecule has 33 heavy (non-hydrogen) atoms. The van der Waals surface area contributed by atoms with Crippen LogP contribution in [0.4, 0.5) is 4.79 Å². The van der Waals surface area contributed by atoms with Crippen molar-refractivity contribution < 1.29 is 24.2 Å². The highest BCUT2D eigenvalue weighted by molar-refractivity contribution is 5.82. The molecule has 7 nitrogen and oxygen atoms in total. The Morgan fingerprint density at radius 1 is 0.970 bits per heavy atom. The number of fused-ring (bicyclic) bond motifs is 3. The van der Waals surface area contributed by atoms with E-state index in [-0.39, 0.29) is 36.9 Å². The van der Waals surface area contributed by atoms with E-state index in [2.05, 4.69) is 29.6 Å². The molecule has 0 unspecified atom stereocenters. The molecule has 2 aromatic carbocycles. The van der Waals surface area contributed by atoms with Gasteiger partial charge in [-0.15, -0.1) is 0 Å². The normalized spacial score (nSPS) is 23.8. The quantitative estimate of drug-likeness (QED) is 0.728. The first-order valence-electron chi connectivity index (χ1n) is 11.6. The van der Waals surface area contributed by atoms with Gasteiger partial charge in [0.15, 0.2) is 0 Å². The largest absolute Gasteiger partial charge is 0.481 e. The number of carboxylic acids is 1. The van der Waals surface area contributed by atoms with Crippen molar-refractivity contribution in [2.75, 3.05) is 19.7 Å². The van der Waals surface area contributed by atoms with Crippen LogP contribution in [-0.2, 0) is 14.3 Å². The molecular weight excluding hydrogens is 420 g/mol. The lowest BCUT2D eigenvalue weighted by molar-refractivity contribution is -0.148. The van der Waals surface area contributed by atoms with E-state index in [1.807, 2.05) is 24.3 Å². The summed E-state index contributed by atoms with van der Waals surface area (Å²) in [6.07, 6.45) is 2.01. The zero-order chi connectivity index (χ0) is 22.9. The predicted octanol–water partition coefficient (Wildman–Crippen LogP) is 3.63. The third-order valence-corrected chi connectivity index (χ3v) is 7.24. The van der Waals surface area contributed by atoms with Gasteiger partial charge in [-0.25, -0.2) is 4.79 Å². The SMILES string of the molecule is O=C(NC1CC(C(=O)N2CCC[C@H](C(=O)O)C2)C1)OCC1c2ccccc2-c2ccccc21. The van der Waals surface area contributed by atoms with Crippen LogP contribution in [0.5, 0.6) is 0 Å². The van der Waals surface area contributed by atoms with Gasteiger partial charge >= 0.3 is 12.1 Å². The van der Waals surface area contributed by atoms with Gasteiger partial charge < -0.3 is 20.1 Å². The molecule has 2 N–H and O–H groups in total. The van der Waals surface area contributed by atoms with Crippen LogP contribution in [0, 0.1) is 11.8 Å². The van der Waals surface area contributed by atoms with Crippen molar-refractivity contribution in [2.24, 2.45) is 11.8 Å². The zero-order valence-corrected chi connectivity index (χ0v) is 18.4. The first kappa shape index (κ1) is 21.5. The monoisotopic (exact) mass is 448 g/mol. The minimum absolute atomic E-state index is 0.00605. The van der Waals surface area contributed by atoms with Crippen LogP contribution in [0.1, 0.15) is 42.7 Å². The third kappa shape index (κ3) is 4.19. The van der Waals surface area contributed by atoms with Gasteiger partial charge in [-0.2, -0.15) is 0 Å². The maximum Gasteiger partial charge on any atom is 0.407 e. The molecule has 1 saturated carbocycles. The average Bonchev–Trinajstić information content (AvgIpc) is 3.13. The Morgan fingerprint density at radius 3 is 2.24 bits per heavy atom. The van der Waals surface area contributed by atoms with E-state index in [0.29, 0.717) is 25.8 Å². The first-order valence-corrected chi connectivity index (χ1v) is 11.6. The number of hydrogen-bond acceptors (Lipinski definition) is 4. The van der Waals surface area contributed by atoms with E-state index in [4.69, 9.17) is 4.74 Å². The molecular formula is C26H28N2O5. The molecule has 0 bridgehead atoms. The standard InChI is InChI=1S/C26H28N2O5/c29-24(28-11-5-6-16(14-28)25(30)31)17-12-18(13-17)27-26(32)33-15-23-21-9-3-1-7-19(21)20-8-2-4-10-22(20)23/h1-4,7-10,16-18,23H,5-6,11-15H2,(H,27,32)(H,30,31)/t16-,17?,18?/m0/s1. The van der Waals surface area contributed by atoms with Gasteiger partial charge in [0.2, 0.25) is 5.91 Å². The van der Waals surface area contributed by atoms with Gasteiger partial charge in [0.1, 0.15) is 6.61 Å². The number of piperidine rings is 1. The van der Waals surface area contributed by atoms with Crippen molar-refractivity contribution in [2.45, 2.75) is 37.6 Å². The lowest BCUT2D eigenvalue weighted by Crippen LogP contribution is -2.52. The maximum absolute atomic E-state index is 12.7. The molecule has 5 rings (SSSR count). The summed E-state index contributed by atoms with van der Waals surface area (Å²) in [5.41, 5.74) is 4.71. The molecule has 1 heterocycles. The van der Waals surface area contributed by atoms with Crippen molar-refractivity contribution >= 4 is 18.0 Å². The third-order valence-electron chi connectivity index (χ3n) is 7.24. The second-order valence-electron chi connectivity index (χ2n) is 9.30. The number of alkyl carbamates (subject to hydrolysis) is 1. The number of benzene rings is 2. The predicted molar refractivity (Wildman–Crippen MR) is 122 cm³/mol. The van der Waals surface area contributed by atoms with Crippen LogP contribution in [0.15, 0.2) is 48.5 Å². The number of carbonyl (C=O) groups excluding carboxylic acids is 2. The first-order chi connectivity index (χ1) is 16.0. The summed E-state index contributed by atoms with van der Waals surface area (Å²) in [7, 11) is 0. The molecule has 0 radical (unpaired) electrons. The molecule has 2 aliphatic carbocycles. The number of hydrogen-bond donors (Lipinski definition) is 2. The number of carbonyl (C=O) groups is 3.